The van der Waals surface area contributed by atoms with E-state index in [-0.39, 0.29) is 24.4 Å². The van der Waals surface area contributed by atoms with Gasteiger partial charge in [0.25, 0.3) is 10.0 Å². The number of nitrogens with one attached hydrogen (secondary N) is 1. The molecule has 8 heteroatoms. The Balaban J connectivity index is 1.45. The maximum atomic E-state index is 13.0. The monoisotopic (exact) mass is 424 g/mol. The van der Waals surface area contributed by atoms with E-state index < -0.39 is 16.0 Å². The van der Waals surface area contributed by atoms with Crippen LogP contribution in [0.2, 0.25) is 0 Å². The van der Waals surface area contributed by atoms with Gasteiger partial charge in [-0.05, 0) is 36.1 Å². The van der Waals surface area contributed by atoms with Crippen LogP contribution in [0.25, 0.3) is 10.8 Å². The highest BCUT2D eigenvalue weighted by molar-refractivity contribution is 7.93. The summed E-state index contributed by atoms with van der Waals surface area (Å²) in [4.78, 5) is 24.5. The van der Waals surface area contributed by atoms with Crippen LogP contribution in [0.15, 0.2) is 65.6 Å². The first kappa shape index (κ1) is 19.9. The summed E-state index contributed by atoms with van der Waals surface area (Å²) < 4.78 is 32.0. The molecule has 4 rings (SSSR count). The maximum Gasteiger partial charge on any atom is 0.339 e. The number of nitrogens with zero attached hydrogens (tertiary/aromatic N) is 1. The van der Waals surface area contributed by atoms with Crippen molar-refractivity contribution in [2.45, 2.75) is 17.7 Å². The molecule has 7 nitrogen and oxygen atoms in total. The smallest absolute Gasteiger partial charge is 0.339 e. The number of hydrogen-bond donors (Lipinski definition) is 1. The van der Waals surface area contributed by atoms with Gasteiger partial charge in [0.15, 0.2) is 0 Å². The lowest BCUT2D eigenvalue weighted by Gasteiger charge is -2.18. The summed E-state index contributed by atoms with van der Waals surface area (Å²) >= 11 is 0. The van der Waals surface area contributed by atoms with Gasteiger partial charge in [-0.15, -0.1) is 0 Å². The number of para-hydroxylation sites is 1. The van der Waals surface area contributed by atoms with E-state index >= 15 is 0 Å². The van der Waals surface area contributed by atoms with Gasteiger partial charge in [-0.25, -0.2) is 13.2 Å². The number of sulfonamides is 1. The number of rotatable bonds is 6. The molecule has 0 bridgehead atoms. The second kappa shape index (κ2) is 7.79. The molecule has 1 aliphatic rings. The Hall–Kier alpha value is -3.39. The van der Waals surface area contributed by atoms with Crippen LogP contribution in [0.4, 0.5) is 11.4 Å². The van der Waals surface area contributed by atoms with E-state index in [1.54, 1.807) is 42.5 Å². The number of ether oxygens (including phenoxy) is 1. The fraction of sp³-hybridized carbons (Fsp3) is 0.182. The predicted molar refractivity (Wildman–Crippen MR) is 114 cm³/mol. The van der Waals surface area contributed by atoms with E-state index in [0.717, 1.165) is 10.8 Å². The van der Waals surface area contributed by atoms with E-state index in [4.69, 9.17) is 4.74 Å². The molecule has 0 saturated heterocycles. The highest BCUT2D eigenvalue weighted by Gasteiger charge is 2.35. The van der Waals surface area contributed by atoms with Crippen molar-refractivity contribution in [2.24, 2.45) is 0 Å². The van der Waals surface area contributed by atoms with E-state index in [2.05, 4.69) is 5.32 Å². The molecule has 3 aromatic carbocycles. The number of carbonyl (C=O) groups is 2. The Kier molecular flexibility index (Phi) is 5.17. The number of anilines is 2. The van der Waals surface area contributed by atoms with Gasteiger partial charge in [0.05, 0.1) is 28.9 Å². The lowest BCUT2D eigenvalue weighted by Crippen LogP contribution is -2.29. The Morgan fingerprint density at radius 2 is 1.73 bits per heavy atom. The molecule has 0 aromatic heterocycles. The Morgan fingerprint density at radius 1 is 1.00 bits per heavy atom. The number of hydrogen-bond acceptors (Lipinski definition) is 5. The first-order valence-electron chi connectivity index (χ1n) is 9.45. The second-order valence-corrected chi connectivity index (χ2v) is 8.73. The van der Waals surface area contributed by atoms with Gasteiger partial charge in [0, 0.05) is 18.4 Å². The van der Waals surface area contributed by atoms with Gasteiger partial charge in [-0.3, -0.25) is 9.10 Å². The maximum absolute atomic E-state index is 13.0. The van der Waals surface area contributed by atoms with Crippen LogP contribution < -0.4 is 9.62 Å². The van der Waals surface area contributed by atoms with Gasteiger partial charge < -0.3 is 10.1 Å². The normalized spacial score (nSPS) is 14.0. The van der Waals surface area contributed by atoms with Crippen molar-refractivity contribution in [1.29, 1.82) is 0 Å². The highest BCUT2D eigenvalue weighted by Crippen LogP contribution is 2.41. The van der Waals surface area contributed by atoms with Crippen LogP contribution in [0.1, 0.15) is 23.2 Å². The largest absolute Gasteiger partial charge is 0.465 e. The molecule has 0 fully saturated rings. The summed E-state index contributed by atoms with van der Waals surface area (Å²) in [6.07, 6.45) is 0.434. The fourth-order valence-corrected chi connectivity index (χ4v) is 5.42. The van der Waals surface area contributed by atoms with E-state index in [9.17, 15) is 18.0 Å². The Bertz CT molecular complexity index is 1250. The molecule has 0 radical (unpaired) electrons. The van der Waals surface area contributed by atoms with Crippen molar-refractivity contribution in [3.05, 3.63) is 66.2 Å². The van der Waals surface area contributed by atoms with Crippen molar-refractivity contribution in [3.63, 3.8) is 0 Å². The molecule has 0 unspecified atom stereocenters. The molecule has 0 spiro atoms. The molecule has 1 amide bonds. The van der Waals surface area contributed by atoms with Gasteiger partial charge in [0.1, 0.15) is 0 Å². The lowest BCUT2D eigenvalue weighted by atomic mass is 10.1. The van der Waals surface area contributed by atoms with Gasteiger partial charge in [-0.1, -0.05) is 36.4 Å². The first-order chi connectivity index (χ1) is 14.4. The molecule has 30 heavy (non-hydrogen) atoms. The zero-order chi connectivity index (χ0) is 21.3. The van der Waals surface area contributed by atoms with E-state index in [1.165, 1.54) is 11.4 Å². The Labute approximate surface area is 174 Å². The lowest BCUT2D eigenvalue weighted by molar-refractivity contribution is -0.116. The van der Waals surface area contributed by atoms with E-state index in [1.807, 2.05) is 18.2 Å². The molecular formula is C22H20N2O5S. The van der Waals surface area contributed by atoms with Crippen LogP contribution in [-0.2, 0) is 19.6 Å². The van der Waals surface area contributed by atoms with Crippen LogP contribution >= 0.6 is 0 Å². The summed E-state index contributed by atoms with van der Waals surface area (Å²) in [7, 11) is -2.36. The fourth-order valence-electron chi connectivity index (χ4n) is 3.67. The van der Waals surface area contributed by atoms with Gasteiger partial charge in [0.2, 0.25) is 5.91 Å². The Morgan fingerprint density at radius 3 is 2.50 bits per heavy atom. The van der Waals surface area contributed by atoms with Crippen LogP contribution in [0.3, 0.4) is 0 Å². The van der Waals surface area contributed by atoms with Gasteiger partial charge >= 0.3 is 5.97 Å². The zero-order valence-electron chi connectivity index (χ0n) is 16.3. The first-order valence-corrected chi connectivity index (χ1v) is 10.9. The van der Waals surface area contributed by atoms with Crippen molar-refractivity contribution < 1.29 is 22.7 Å². The third kappa shape index (κ3) is 3.39. The molecule has 1 N–H and O–H groups in total. The number of esters is 1. The zero-order valence-corrected chi connectivity index (χ0v) is 17.1. The summed E-state index contributed by atoms with van der Waals surface area (Å²) in [5.41, 5.74) is 1.26. The minimum atomic E-state index is -3.64. The van der Waals surface area contributed by atoms with Crippen molar-refractivity contribution >= 4 is 44.0 Å². The molecule has 0 atom stereocenters. The molecule has 1 heterocycles. The summed E-state index contributed by atoms with van der Waals surface area (Å²) in [5.74, 6) is -0.849. The molecule has 0 saturated carbocycles. The van der Waals surface area contributed by atoms with Crippen molar-refractivity contribution in [3.8, 4) is 0 Å². The number of methoxy groups -OCH3 is 1. The molecular weight excluding hydrogens is 404 g/mol. The van der Waals surface area contributed by atoms with Crippen molar-refractivity contribution in [2.75, 3.05) is 23.3 Å². The van der Waals surface area contributed by atoms with Gasteiger partial charge in [-0.2, -0.15) is 0 Å². The molecule has 0 aliphatic carbocycles. The molecule has 154 valence electrons. The SMILES string of the molecule is COC(=O)c1ccccc1NC(=O)CCCN1c2cccc3cccc(c23)S1(=O)=O. The van der Waals surface area contributed by atoms with Crippen LogP contribution in [0, 0.1) is 0 Å². The third-order valence-electron chi connectivity index (χ3n) is 5.05. The topological polar surface area (TPSA) is 92.8 Å². The number of carbonyl (C=O) groups excluding carboxylic acids is 2. The summed E-state index contributed by atoms with van der Waals surface area (Å²) in [5, 5.41) is 4.29. The minimum Gasteiger partial charge on any atom is -0.465 e. The number of benzene rings is 3. The molecule has 1 aliphatic heterocycles. The minimum absolute atomic E-state index is 0.105. The quantitative estimate of drug-likeness (QED) is 0.611. The second-order valence-electron chi connectivity index (χ2n) is 6.90. The summed E-state index contributed by atoms with van der Waals surface area (Å²) in [6.45, 7) is 0.183. The standard InChI is InChI=1S/C22H20N2O5S/c1-29-22(26)16-9-2-3-10-17(16)23-20(25)13-6-14-24-18-11-4-7-15-8-5-12-19(21(15)18)30(24,27)28/h2-5,7-12H,6,13-14H2,1H3,(H,23,25). The average molecular weight is 424 g/mol. The van der Waals surface area contributed by atoms with Crippen LogP contribution in [-0.4, -0.2) is 33.9 Å². The summed E-state index contributed by atoms with van der Waals surface area (Å²) in [6, 6.07) is 17.3. The van der Waals surface area contributed by atoms with Crippen molar-refractivity contribution in [1.82, 2.24) is 0 Å². The molecule has 3 aromatic rings. The number of amides is 1. The third-order valence-corrected chi connectivity index (χ3v) is 6.91. The van der Waals surface area contributed by atoms with Crippen LogP contribution in [0.5, 0.6) is 0 Å². The van der Waals surface area contributed by atoms with E-state index in [0.29, 0.717) is 22.7 Å². The average Bonchev–Trinajstić information content (AvgIpc) is 2.97. The highest BCUT2D eigenvalue weighted by atomic mass is 32.2. The predicted octanol–water partition coefficient (Wildman–Crippen LogP) is 3.55.